The molecular weight excluding hydrogens is 422 g/mol. The zero-order chi connectivity index (χ0) is 23.8. The minimum Gasteiger partial charge on any atom is -0.480 e. The third-order valence-electron chi connectivity index (χ3n) is 6.25. The summed E-state index contributed by atoms with van der Waals surface area (Å²) in [6.45, 7) is 4.32. The van der Waals surface area contributed by atoms with Gasteiger partial charge in [0, 0.05) is 31.3 Å². The number of oxazole rings is 1. The van der Waals surface area contributed by atoms with Crippen LogP contribution in [0.1, 0.15) is 29.9 Å². The van der Waals surface area contributed by atoms with E-state index in [4.69, 9.17) is 9.40 Å². The van der Waals surface area contributed by atoms with Crippen LogP contribution in [0, 0.1) is 13.8 Å². The maximum atomic E-state index is 12.5. The van der Waals surface area contributed by atoms with E-state index in [9.17, 15) is 19.9 Å². The van der Waals surface area contributed by atoms with E-state index in [1.54, 1.807) is 0 Å². The molecule has 0 bridgehead atoms. The van der Waals surface area contributed by atoms with Gasteiger partial charge in [0.2, 0.25) is 5.89 Å². The second kappa shape index (κ2) is 8.71. The van der Waals surface area contributed by atoms with Crippen LogP contribution in [0.15, 0.2) is 52.9 Å². The first-order chi connectivity index (χ1) is 15.7. The van der Waals surface area contributed by atoms with Crippen molar-refractivity contribution in [1.29, 1.82) is 0 Å². The maximum absolute atomic E-state index is 12.5. The van der Waals surface area contributed by atoms with Gasteiger partial charge in [0.05, 0.1) is 0 Å². The summed E-state index contributed by atoms with van der Waals surface area (Å²) in [7, 11) is 1.25. The van der Waals surface area contributed by atoms with Gasteiger partial charge < -0.3 is 14.4 Å². The van der Waals surface area contributed by atoms with Gasteiger partial charge in [-0.2, -0.15) is 0 Å². The molecule has 2 N–H and O–H groups in total. The van der Waals surface area contributed by atoms with E-state index >= 15 is 0 Å². The molecule has 4 rings (SSSR count). The average molecular weight is 450 g/mol. The fourth-order valence-electron chi connectivity index (χ4n) is 4.14. The van der Waals surface area contributed by atoms with Crippen LogP contribution in [-0.4, -0.2) is 57.4 Å². The van der Waals surface area contributed by atoms with Crippen molar-refractivity contribution in [3.05, 3.63) is 65.5 Å². The predicted octanol–water partition coefficient (Wildman–Crippen LogP) is 4.48. The van der Waals surface area contributed by atoms with Crippen LogP contribution in [0.2, 0.25) is 0 Å². The number of aromatic nitrogens is 1. The van der Waals surface area contributed by atoms with Crippen molar-refractivity contribution in [3.8, 4) is 22.6 Å². The largest absolute Gasteiger partial charge is 0.480 e. The van der Waals surface area contributed by atoms with E-state index in [1.807, 2.05) is 62.4 Å². The molecule has 2 amide bonds. The van der Waals surface area contributed by atoms with E-state index in [-0.39, 0.29) is 31.8 Å². The lowest BCUT2D eigenvalue weighted by Gasteiger charge is -2.37. The normalized spacial score (nSPS) is 15.3. The standard InChI is InChI=1S/C25H27N3O5/c1-16-4-8-18(9-5-16)20-21(19-10-6-17(2)7-11-19)33-22(26-20)25(23(29)30)12-14-28(15-13-25)24(31)27(3)32/h4-11,32H,12-15H2,1-3H3,(H,29,30). The third-order valence-corrected chi connectivity index (χ3v) is 6.25. The molecule has 0 spiro atoms. The number of piperidine rings is 1. The number of carbonyl (C=O) groups is 2. The molecule has 0 aliphatic carbocycles. The number of hydrogen-bond acceptors (Lipinski definition) is 5. The summed E-state index contributed by atoms with van der Waals surface area (Å²) in [6.07, 6.45) is 0.256. The van der Waals surface area contributed by atoms with Crippen molar-refractivity contribution in [1.82, 2.24) is 14.9 Å². The topological polar surface area (TPSA) is 107 Å². The Bertz CT molecular complexity index is 1090. The molecule has 0 unspecified atom stereocenters. The number of likely N-dealkylation sites (tertiary alicyclic amines) is 1. The molecule has 0 atom stereocenters. The Morgan fingerprint density at radius 2 is 1.48 bits per heavy atom. The SMILES string of the molecule is Cc1ccc(-c2nc(C3(C(=O)O)CCN(C(=O)N(C)O)CC3)oc2-c2ccc(C)cc2)cc1. The number of carboxylic acids is 1. The predicted molar refractivity (Wildman–Crippen MR) is 122 cm³/mol. The number of hydroxylamine groups is 2. The van der Waals surface area contributed by atoms with Crippen molar-refractivity contribution in [2.24, 2.45) is 0 Å². The maximum Gasteiger partial charge on any atom is 0.343 e. The number of urea groups is 1. The number of carboxylic acid groups (broad SMARTS) is 1. The van der Waals surface area contributed by atoms with Gasteiger partial charge in [-0.25, -0.2) is 14.8 Å². The van der Waals surface area contributed by atoms with E-state index in [0.717, 1.165) is 22.3 Å². The number of rotatable bonds is 4. The van der Waals surface area contributed by atoms with Crippen molar-refractivity contribution < 1.29 is 24.3 Å². The number of aliphatic carboxylic acids is 1. The number of nitrogens with zero attached hydrogens (tertiary/aromatic N) is 3. The second-order valence-corrected chi connectivity index (χ2v) is 8.61. The monoisotopic (exact) mass is 449 g/mol. The molecule has 8 nitrogen and oxygen atoms in total. The Morgan fingerprint density at radius 3 is 1.97 bits per heavy atom. The van der Waals surface area contributed by atoms with Crippen LogP contribution in [0.25, 0.3) is 22.6 Å². The van der Waals surface area contributed by atoms with Crippen LogP contribution in [0.4, 0.5) is 4.79 Å². The lowest BCUT2D eigenvalue weighted by molar-refractivity contribution is -0.147. The van der Waals surface area contributed by atoms with Crippen LogP contribution >= 0.6 is 0 Å². The van der Waals surface area contributed by atoms with Gasteiger partial charge in [-0.15, -0.1) is 0 Å². The summed E-state index contributed by atoms with van der Waals surface area (Å²) in [4.78, 5) is 30.8. The number of aryl methyl sites for hydroxylation is 2. The molecule has 1 aliphatic rings. The van der Waals surface area contributed by atoms with Gasteiger partial charge >= 0.3 is 12.0 Å². The summed E-state index contributed by atoms with van der Waals surface area (Å²) in [6, 6.07) is 15.1. The quantitative estimate of drug-likeness (QED) is 0.449. The minimum atomic E-state index is -1.37. The molecule has 33 heavy (non-hydrogen) atoms. The van der Waals surface area contributed by atoms with E-state index < -0.39 is 17.4 Å². The fourth-order valence-corrected chi connectivity index (χ4v) is 4.14. The Morgan fingerprint density at radius 1 is 0.970 bits per heavy atom. The molecule has 1 aliphatic heterocycles. The Balaban J connectivity index is 1.78. The van der Waals surface area contributed by atoms with Gasteiger partial charge in [0.15, 0.2) is 5.76 Å². The lowest BCUT2D eigenvalue weighted by atomic mass is 9.78. The smallest absolute Gasteiger partial charge is 0.343 e. The first kappa shape index (κ1) is 22.5. The molecule has 0 radical (unpaired) electrons. The minimum absolute atomic E-state index is 0.128. The third kappa shape index (κ3) is 4.21. The number of benzene rings is 2. The highest BCUT2D eigenvalue weighted by atomic mass is 16.5. The van der Waals surface area contributed by atoms with Gasteiger partial charge in [-0.3, -0.25) is 10.0 Å². The molecule has 3 aromatic rings. The highest BCUT2D eigenvalue weighted by molar-refractivity contribution is 5.83. The summed E-state index contributed by atoms with van der Waals surface area (Å²) in [5.41, 5.74) is 3.07. The summed E-state index contributed by atoms with van der Waals surface area (Å²) < 4.78 is 6.22. The zero-order valence-corrected chi connectivity index (χ0v) is 18.9. The Kier molecular flexibility index (Phi) is 5.95. The first-order valence-corrected chi connectivity index (χ1v) is 10.8. The molecule has 1 fully saturated rings. The molecule has 2 aromatic carbocycles. The lowest BCUT2D eigenvalue weighted by Crippen LogP contribution is -2.51. The van der Waals surface area contributed by atoms with E-state index in [0.29, 0.717) is 16.5 Å². The molecular formula is C25H27N3O5. The van der Waals surface area contributed by atoms with E-state index in [1.165, 1.54) is 11.9 Å². The molecule has 2 heterocycles. The number of carbonyl (C=O) groups excluding carboxylic acids is 1. The number of amides is 2. The first-order valence-electron chi connectivity index (χ1n) is 10.8. The summed E-state index contributed by atoms with van der Waals surface area (Å²) in [5, 5.41) is 20.2. The molecule has 1 aromatic heterocycles. The van der Waals surface area contributed by atoms with Crippen LogP contribution in [0.5, 0.6) is 0 Å². The van der Waals surface area contributed by atoms with Crippen LogP contribution in [0.3, 0.4) is 0 Å². The van der Waals surface area contributed by atoms with Gasteiger partial charge in [0.25, 0.3) is 0 Å². The number of hydrogen-bond donors (Lipinski definition) is 2. The Labute approximate surface area is 192 Å². The zero-order valence-electron chi connectivity index (χ0n) is 18.9. The highest BCUT2D eigenvalue weighted by Crippen LogP contribution is 2.41. The molecule has 172 valence electrons. The van der Waals surface area contributed by atoms with E-state index in [2.05, 4.69) is 0 Å². The molecule has 0 saturated carbocycles. The Hall–Kier alpha value is -3.65. The van der Waals surface area contributed by atoms with Crippen LogP contribution in [-0.2, 0) is 10.2 Å². The van der Waals surface area contributed by atoms with Crippen LogP contribution < -0.4 is 0 Å². The van der Waals surface area contributed by atoms with Gasteiger partial charge in [-0.1, -0.05) is 59.7 Å². The fraction of sp³-hybridized carbons (Fsp3) is 0.320. The molecule has 1 saturated heterocycles. The molecule has 8 heteroatoms. The van der Waals surface area contributed by atoms with Gasteiger partial charge in [-0.05, 0) is 26.7 Å². The van der Waals surface area contributed by atoms with Crippen molar-refractivity contribution in [2.45, 2.75) is 32.1 Å². The van der Waals surface area contributed by atoms with Crippen molar-refractivity contribution >= 4 is 12.0 Å². The summed E-state index contributed by atoms with van der Waals surface area (Å²) in [5.74, 6) is -0.396. The van der Waals surface area contributed by atoms with Gasteiger partial charge in [0.1, 0.15) is 11.1 Å². The summed E-state index contributed by atoms with van der Waals surface area (Å²) >= 11 is 0. The van der Waals surface area contributed by atoms with Crippen molar-refractivity contribution in [3.63, 3.8) is 0 Å². The van der Waals surface area contributed by atoms with Crippen molar-refractivity contribution in [2.75, 3.05) is 20.1 Å². The highest BCUT2D eigenvalue weighted by Gasteiger charge is 2.49. The second-order valence-electron chi connectivity index (χ2n) is 8.61. The average Bonchev–Trinajstić information content (AvgIpc) is 3.25.